The van der Waals surface area contributed by atoms with Crippen LogP contribution < -0.4 is 10.6 Å². The normalized spacial score (nSPS) is 27.0. The van der Waals surface area contributed by atoms with Gasteiger partial charge in [-0.1, -0.05) is 0 Å². The SMILES string of the molecule is O=C(O)CC1C(=O)NCCN1C(=O)CC1CSCCN1. The molecule has 0 aromatic heterocycles. The molecule has 8 heteroatoms. The number of piperazine rings is 1. The third-order valence-corrected chi connectivity index (χ3v) is 4.57. The number of carbonyl (C=O) groups is 3. The molecule has 2 atom stereocenters. The average molecular weight is 301 g/mol. The van der Waals surface area contributed by atoms with Gasteiger partial charge in [0.2, 0.25) is 11.8 Å². The molecular formula is C12H19N3O4S. The minimum Gasteiger partial charge on any atom is -0.481 e. The lowest BCUT2D eigenvalue weighted by molar-refractivity contribution is -0.148. The van der Waals surface area contributed by atoms with Crippen LogP contribution >= 0.6 is 11.8 Å². The summed E-state index contributed by atoms with van der Waals surface area (Å²) in [5.41, 5.74) is 0. The average Bonchev–Trinajstić information content (AvgIpc) is 2.41. The van der Waals surface area contributed by atoms with E-state index in [2.05, 4.69) is 10.6 Å². The Morgan fingerprint density at radius 2 is 2.15 bits per heavy atom. The molecule has 2 rings (SSSR count). The molecule has 0 radical (unpaired) electrons. The van der Waals surface area contributed by atoms with Crippen LogP contribution in [0.3, 0.4) is 0 Å². The van der Waals surface area contributed by atoms with E-state index in [9.17, 15) is 14.4 Å². The topological polar surface area (TPSA) is 98.7 Å². The molecule has 0 aromatic carbocycles. The highest BCUT2D eigenvalue weighted by atomic mass is 32.2. The summed E-state index contributed by atoms with van der Waals surface area (Å²) in [6.07, 6.45) is -0.0270. The molecule has 2 unspecified atom stereocenters. The van der Waals surface area contributed by atoms with Gasteiger partial charge >= 0.3 is 5.97 Å². The number of hydrogen-bond donors (Lipinski definition) is 3. The monoisotopic (exact) mass is 301 g/mol. The number of carbonyl (C=O) groups excluding carboxylic acids is 2. The zero-order chi connectivity index (χ0) is 14.5. The predicted molar refractivity (Wildman–Crippen MR) is 74.5 cm³/mol. The smallest absolute Gasteiger partial charge is 0.305 e. The van der Waals surface area contributed by atoms with Gasteiger partial charge in [-0.15, -0.1) is 0 Å². The lowest BCUT2D eigenvalue weighted by Gasteiger charge is -2.35. The Morgan fingerprint density at radius 1 is 1.35 bits per heavy atom. The Balaban J connectivity index is 1.97. The lowest BCUT2D eigenvalue weighted by Crippen LogP contribution is -2.58. The molecular weight excluding hydrogens is 282 g/mol. The second-order valence-corrected chi connectivity index (χ2v) is 6.07. The molecule has 2 aliphatic heterocycles. The molecule has 20 heavy (non-hydrogen) atoms. The van der Waals surface area contributed by atoms with Gasteiger partial charge in [0.25, 0.3) is 0 Å². The zero-order valence-corrected chi connectivity index (χ0v) is 11.9. The van der Waals surface area contributed by atoms with Crippen molar-refractivity contribution in [2.45, 2.75) is 24.9 Å². The Bertz CT molecular complexity index is 398. The third kappa shape index (κ3) is 3.86. The van der Waals surface area contributed by atoms with Gasteiger partial charge in [0.1, 0.15) is 6.04 Å². The van der Waals surface area contributed by atoms with Crippen LogP contribution in [0, 0.1) is 0 Å². The van der Waals surface area contributed by atoms with E-state index in [-0.39, 0.29) is 24.3 Å². The maximum absolute atomic E-state index is 12.3. The zero-order valence-electron chi connectivity index (χ0n) is 11.1. The fraction of sp³-hybridized carbons (Fsp3) is 0.750. The molecule has 0 bridgehead atoms. The van der Waals surface area contributed by atoms with Crippen molar-refractivity contribution < 1.29 is 19.5 Å². The van der Waals surface area contributed by atoms with Gasteiger partial charge in [0.05, 0.1) is 6.42 Å². The first kappa shape index (κ1) is 15.1. The summed E-state index contributed by atoms with van der Waals surface area (Å²) >= 11 is 1.80. The van der Waals surface area contributed by atoms with Crippen molar-refractivity contribution in [3.8, 4) is 0 Å². The van der Waals surface area contributed by atoms with Crippen LogP contribution in [0.2, 0.25) is 0 Å². The van der Waals surface area contributed by atoms with Crippen LogP contribution in [0.4, 0.5) is 0 Å². The number of nitrogens with zero attached hydrogens (tertiary/aromatic N) is 1. The van der Waals surface area contributed by atoms with Crippen LogP contribution in [0.25, 0.3) is 0 Å². The molecule has 0 aliphatic carbocycles. The van der Waals surface area contributed by atoms with Crippen molar-refractivity contribution in [3.05, 3.63) is 0 Å². The van der Waals surface area contributed by atoms with E-state index in [1.54, 1.807) is 11.8 Å². The summed E-state index contributed by atoms with van der Waals surface area (Å²) in [6, 6.07) is -0.776. The first-order chi connectivity index (χ1) is 9.58. The number of aliphatic carboxylic acids is 1. The maximum Gasteiger partial charge on any atom is 0.305 e. The van der Waals surface area contributed by atoms with Crippen LogP contribution in [-0.4, -0.2) is 71.0 Å². The minimum absolute atomic E-state index is 0.108. The van der Waals surface area contributed by atoms with Crippen molar-refractivity contribution >= 4 is 29.5 Å². The van der Waals surface area contributed by atoms with Crippen molar-refractivity contribution in [3.63, 3.8) is 0 Å². The number of carboxylic acid groups (broad SMARTS) is 1. The molecule has 2 fully saturated rings. The standard InChI is InChI=1S/C12H19N3O4S/c16-10(5-8-7-20-4-2-13-8)15-3-1-14-12(19)9(15)6-11(17)18/h8-9,13H,1-7H2,(H,14,19)(H,17,18). The first-order valence-corrected chi connectivity index (χ1v) is 7.83. The predicted octanol–water partition coefficient (Wildman–Crippen LogP) is -1.12. The van der Waals surface area contributed by atoms with Gasteiger partial charge in [-0.25, -0.2) is 0 Å². The number of nitrogens with one attached hydrogen (secondary N) is 2. The van der Waals surface area contributed by atoms with Crippen LogP contribution in [-0.2, 0) is 14.4 Å². The molecule has 112 valence electrons. The Kier molecular flexibility index (Phi) is 5.24. The van der Waals surface area contributed by atoms with Crippen molar-refractivity contribution in [1.29, 1.82) is 0 Å². The van der Waals surface area contributed by atoms with E-state index in [4.69, 9.17) is 5.11 Å². The van der Waals surface area contributed by atoms with Crippen LogP contribution in [0.5, 0.6) is 0 Å². The second-order valence-electron chi connectivity index (χ2n) is 4.92. The van der Waals surface area contributed by atoms with E-state index in [1.165, 1.54) is 4.90 Å². The van der Waals surface area contributed by atoms with Crippen molar-refractivity contribution in [1.82, 2.24) is 15.5 Å². The summed E-state index contributed by atoms with van der Waals surface area (Å²) in [5.74, 6) is 0.314. The number of rotatable bonds is 4. The van der Waals surface area contributed by atoms with E-state index < -0.39 is 12.0 Å². The molecule has 0 saturated carbocycles. The molecule has 3 N–H and O–H groups in total. The van der Waals surface area contributed by atoms with E-state index in [0.717, 1.165) is 18.1 Å². The van der Waals surface area contributed by atoms with Gasteiger partial charge in [0, 0.05) is 43.6 Å². The third-order valence-electron chi connectivity index (χ3n) is 3.44. The van der Waals surface area contributed by atoms with Gasteiger partial charge in [-0.3, -0.25) is 14.4 Å². The van der Waals surface area contributed by atoms with Gasteiger partial charge in [0.15, 0.2) is 0 Å². The Labute approximate surface area is 121 Å². The van der Waals surface area contributed by atoms with Gasteiger partial charge < -0.3 is 20.6 Å². The van der Waals surface area contributed by atoms with Crippen LogP contribution in [0.15, 0.2) is 0 Å². The van der Waals surface area contributed by atoms with E-state index in [1.807, 2.05) is 0 Å². The highest BCUT2D eigenvalue weighted by Gasteiger charge is 2.35. The molecule has 0 aromatic rings. The first-order valence-electron chi connectivity index (χ1n) is 6.68. The quantitative estimate of drug-likeness (QED) is 0.608. The van der Waals surface area contributed by atoms with E-state index >= 15 is 0 Å². The molecule has 0 spiro atoms. The van der Waals surface area contributed by atoms with E-state index in [0.29, 0.717) is 19.5 Å². The summed E-state index contributed by atoms with van der Waals surface area (Å²) in [7, 11) is 0. The summed E-state index contributed by atoms with van der Waals surface area (Å²) < 4.78 is 0. The molecule has 2 amide bonds. The fourth-order valence-electron chi connectivity index (χ4n) is 2.46. The summed E-state index contributed by atoms with van der Waals surface area (Å²) in [6.45, 7) is 1.64. The van der Waals surface area contributed by atoms with Crippen LogP contribution in [0.1, 0.15) is 12.8 Å². The van der Waals surface area contributed by atoms with Crippen molar-refractivity contribution in [2.75, 3.05) is 31.1 Å². The second kappa shape index (κ2) is 6.94. The Morgan fingerprint density at radius 3 is 2.80 bits per heavy atom. The maximum atomic E-state index is 12.3. The lowest BCUT2D eigenvalue weighted by atomic mass is 10.1. The number of carboxylic acids is 1. The highest BCUT2D eigenvalue weighted by molar-refractivity contribution is 7.99. The molecule has 2 aliphatic rings. The largest absolute Gasteiger partial charge is 0.481 e. The highest BCUT2D eigenvalue weighted by Crippen LogP contribution is 2.15. The summed E-state index contributed by atoms with van der Waals surface area (Å²) in [5, 5.41) is 14.8. The Hall–Kier alpha value is -1.28. The molecule has 2 heterocycles. The number of amides is 2. The van der Waals surface area contributed by atoms with Gasteiger partial charge in [-0.05, 0) is 0 Å². The molecule has 7 nitrogen and oxygen atoms in total. The van der Waals surface area contributed by atoms with Crippen molar-refractivity contribution in [2.24, 2.45) is 0 Å². The fourth-order valence-corrected chi connectivity index (χ4v) is 3.41. The number of hydrogen-bond acceptors (Lipinski definition) is 5. The summed E-state index contributed by atoms with van der Waals surface area (Å²) in [4.78, 5) is 36.3. The van der Waals surface area contributed by atoms with Gasteiger partial charge in [-0.2, -0.15) is 11.8 Å². The number of thioether (sulfide) groups is 1. The molecule has 2 saturated heterocycles. The minimum atomic E-state index is -1.07.